The Balaban J connectivity index is 2.06. The highest BCUT2D eigenvalue weighted by Gasteiger charge is 2.07. The van der Waals surface area contributed by atoms with Crippen LogP contribution in [0.4, 0.5) is 0 Å². The number of nitrogens with one attached hydrogen (secondary N) is 2. The monoisotopic (exact) mass is 257 g/mol. The summed E-state index contributed by atoms with van der Waals surface area (Å²) in [7, 11) is 0. The number of H-pyrrole nitrogens is 1. The molecule has 5 nitrogen and oxygen atoms in total. The summed E-state index contributed by atoms with van der Waals surface area (Å²) in [5.41, 5.74) is 7.54. The smallest absolute Gasteiger partial charge is 0.268 e. The molecule has 0 spiro atoms. The van der Waals surface area contributed by atoms with E-state index in [0.29, 0.717) is 13.1 Å². The molecule has 1 aromatic heterocycles. The Morgan fingerprint density at radius 3 is 2.53 bits per heavy atom. The molecule has 0 fully saturated rings. The van der Waals surface area contributed by atoms with Crippen LogP contribution in [-0.2, 0) is 13.1 Å². The lowest BCUT2D eigenvalue weighted by molar-refractivity contribution is 0.0945. The quantitative estimate of drug-likeness (QED) is 0.755. The Morgan fingerprint density at radius 2 is 1.84 bits per heavy atom. The minimum atomic E-state index is -0.315. The fraction of sp³-hybridized carbons (Fsp3) is 0.143. The van der Waals surface area contributed by atoms with Gasteiger partial charge >= 0.3 is 0 Å². The van der Waals surface area contributed by atoms with E-state index in [1.54, 1.807) is 12.1 Å². The number of rotatable bonds is 4. The molecule has 5 heteroatoms. The molecule has 0 unspecified atom stereocenters. The van der Waals surface area contributed by atoms with Crippen molar-refractivity contribution in [1.82, 2.24) is 10.3 Å². The Morgan fingerprint density at radius 1 is 1.11 bits per heavy atom. The van der Waals surface area contributed by atoms with E-state index < -0.39 is 0 Å². The van der Waals surface area contributed by atoms with E-state index >= 15 is 0 Å². The largest absolute Gasteiger partial charge is 0.347 e. The molecular formula is C14H15N3O2. The second kappa shape index (κ2) is 5.97. The van der Waals surface area contributed by atoms with Gasteiger partial charge in [-0.25, -0.2) is 0 Å². The van der Waals surface area contributed by atoms with Gasteiger partial charge < -0.3 is 16.0 Å². The number of aromatic amines is 1. The molecule has 0 bridgehead atoms. The fourth-order valence-electron chi connectivity index (χ4n) is 1.78. The van der Waals surface area contributed by atoms with E-state index in [-0.39, 0.29) is 17.2 Å². The van der Waals surface area contributed by atoms with Gasteiger partial charge in [0.2, 0.25) is 5.56 Å². The first-order valence-electron chi connectivity index (χ1n) is 5.95. The SMILES string of the molecule is NCc1ccccc1CNC(=O)c1cccc(=O)[nH]1. The lowest BCUT2D eigenvalue weighted by Gasteiger charge is -2.09. The van der Waals surface area contributed by atoms with Crippen LogP contribution in [0.1, 0.15) is 21.6 Å². The highest BCUT2D eigenvalue weighted by atomic mass is 16.2. The van der Waals surface area contributed by atoms with Crippen LogP contribution in [0.2, 0.25) is 0 Å². The summed E-state index contributed by atoms with van der Waals surface area (Å²) in [5, 5.41) is 2.75. The maximum atomic E-state index is 11.9. The second-order valence-electron chi connectivity index (χ2n) is 4.08. The van der Waals surface area contributed by atoms with Crippen molar-refractivity contribution in [3.05, 3.63) is 69.6 Å². The predicted octanol–water partition coefficient (Wildman–Crippen LogP) is 0.764. The highest BCUT2D eigenvalue weighted by Crippen LogP contribution is 2.07. The number of nitrogens with two attached hydrogens (primary N) is 1. The number of pyridine rings is 1. The topological polar surface area (TPSA) is 88.0 Å². The van der Waals surface area contributed by atoms with Gasteiger partial charge in [-0.3, -0.25) is 9.59 Å². The van der Waals surface area contributed by atoms with Crippen LogP contribution >= 0.6 is 0 Å². The third kappa shape index (κ3) is 3.29. The molecule has 1 aromatic carbocycles. The van der Waals surface area contributed by atoms with Crippen molar-refractivity contribution in [2.24, 2.45) is 5.73 Å². The lowest BCUT2D eigenvalue weighted by Crippen LogP contribution is -2.26. The van der Waals surface area contributed by atoms with Crippen molar-refractivity contribution in [2.75, 3.05) is 0 Å². The van der Waals surface area contributed by atoms with Crippen LogP contribution in [0, 0.1) is 0 Å². The number of hydrogen-bond donors (Lipinski definition) is 3. The zero-order valence-corrected chi connectivity index (χ0v) is 10.3. The summed E-state index contributed by atoms with van der Waals surface area (Å²) < 4.78 is 0. The maximum Gasteiger partial charge on any atom is 0.268 e. The van der Waals surface area contributed by atoms with Crippen molar-refractivity contribution in [3.8, 4) is 0 Å². The first-order valence-corrected chi connectivity index (χ1v) is 5.95. The summed E-state index contributed by atoms with van der Waals surface area (Å²) in [6.45, 7) is 0.803. The van der Waals surface area contributed by atoms with E-state index in [1.165, 1.54) is 6.07 Å². The number of amides is 1. The Kier molecular flexibility index (Phi) is 4.10. The van der Waals surface area contributed by atoms with Crippen molar-refractivity contribution in [1.29, 1.82) is 0 Å². The number of carbonyl (C=O) groups excluding carboxylic acids is 1. The Hall–Kier alpha value is -2.40. The Labute approximate surface area is 110 Å². The van der Waals surface area contributed by atoms with Gasteiger partial charge in [0, 0.05) is 19.2 Å². The summed E-state index contributed by atoms with van der Waals surface area (Å²) in [4.78, 5) is 25.5. The van der Waals surface area contributed by atoms with E-state index in [2.05, 4.69) is 10.3 Å². The molecule has 2 aromatic rings. The van der Waals surface area contributed by atoms with Crippen molar-refractivity contribution >= 4 is 5.91 Å². The molecule has 0 aliphatic carbocycles. The first-order chi connectivity index (χ1) is 9.20. The normalized spacial score (nSPS) is 10.2. The summed E-state index contributed by atoms with van der Waals surface area (Å²) in [6, 6.07) is 12.1. The van der Waals surface area contributed by atoms with Gasteiger partial charge in [-0.1, -0.05) is 30.3 Å². The van der Waals surface area contributed by atoms with Crippen LogP contribution < -0.4 is 16.6 Å². The van der Waals surface area contributed by atoms with E-state index in [9.17, 15) is 9.59 Å². The van der Waals surface area contributed by atoms with Crippen LogP contribution in [0.15, 0.2) is 47.3 Å². The van der Waals surface area contributed by atoms with Crippen molar-refractivity contribution in [3.63, 3.8) is 0 Å². The molecule has 98 valence electrons. The van der Waals surface area contributed by atoms with Crippen molar-refractivity contribution < 1.29 is 4.79 Å². The average Bonchev–Trinajstić information content (AvgIpc) is 2.45. The number of aromatic nitrogens is 1. The van der Waals surface area contributed by atoms with E-state index in [1.807, 2.05) is 24.3 Å². The molecule has 0 saturated carbocycles. The molecule has 2 rings (SSSR count). The molecule has 19 heavy (non-hydrogen) atoms. The van der Waals surface area contributed by atoms with Crippen LogP contribution in [0.25, 0.3) is 0 Å². The third-order valence-corrected chi connectivity index (χ3v) is 2.79. The molecule has 0 aliphatic rings. The van der Waals surface area contributed by atoms with Crippen LogP contribution in [0.5, 0.6) is 0 Å². The number of hydrogen-bond acceptors (Lipinski definition) is 3. The standard InChI is InChI=1S/C14H15N3O2/c15-8-10-4-1-2-5-11(10)9-16-14(19)12-6-3-7-13(18)17-12/h1-7H,8-9,15H2,(H,16,19)(H,17,18). The molecular weight excluding hydrogens is 242 g/mol. The second-order valence-corrected chi connectivity index (χ2v) is 4.08. The summed E-state index contributed by atoms with van der Waals surface area (Å²) in [6.07, 6.45) is 0. The molecule has 0 radical (unpaired) electrons. The van der Waals surface area contributed by atoms with Gasteiger partial charge in [0.25, 0.3) is 5.91 Å². The van der Waals surface area contributed by atoms with Gasteiger partial charge in [-0.15, -0.1) is 0 Å². The molecule has 0 aliphatic heterocycles. The molecule has 1 amide bonds. The summed E-state index contributed by atoms with van der Waals surface area (Å²) >= 11 is 0. The van der Waals surface area contributed by atoms with Crippen LogP contribution in [-0.4, -0.2) is 10.9 Å². The average molecular weight is 257 g/mol. The summed E-state index contributed by atoms with van der Waals surface area (Å²) in [5.74, 6) is -0.315. The zero-order valence-electron chi connectivity index (χ0n) is 10.3. The van der Waals surface area contributed by atoms with E-state index in [0.717, 1.165) is 11.1 Å². The van der Waals surface area contributed by atoms with Crippen LogP contribution in [0.3, 0.4) is 0 Å². The van der Waals surface area contributed by atoms with Gasteiger partial charge in [0.1, 0.15) is 5.69 Å². The predicted molar refractivity (Wildman–Crippen MR) is 72.6 cm³/mol. The van der Waals surface area contributed by atoms with Gasteiger partial charge in [-0.05, 0) is 17.2 Å². The highest BCUT2D eigenvalue weighted by molar-refractivity contribution is 5.92. The molecule has 1 heterocycles. The Bertz CT molecular complexity index is 634. The van der Waals surface area contributed by atoms with Gasteiger partial charge in [0.05, 0.1) is 0 Å². The number of benzene rings is 1. The lowest BCUT2D eigenvalue weighted by atomic mass is 10.1. The minimum Gasteiger partial charge on any atom is -0.347 e. The molecule has 0 saturated heterocycles. The number of carbonyl (C=O) groups is 1. The first kappa shape index (κ1) is 13.0. The molecule has 4 N–H and O–H groups in total. The zero-order chi connectivity index (χ0) is 13.7. The minimum absolute atomic E-state index is 0.248. The van der Waals surface area contributed by atoms with Gasteiger partial charge in [0.15, 0.2) is 0 Å². The van der Waals surface area contributed by atoms with Gasteiger partial charge in [-0.2, -0.15) is 0 Å². The molecule has 0 atom stereocenters. The van der Waals surface area contributed by atoms with Crippen molar-refractivity contribution in [2.45, 2.75) is 13.1 Å². The maximum absolute atomic E-state index is 11.9. The third-order valence-electron chi connectivity index (χ3n) is 2.79. The fourth-order valence-corrected chi connectivity index (χ4v) is 1.78. The van der Waals surface area contributed by atoms with E-state index in [4.69, 9.17) is 5.73 Å².